The van der Waals surface area contributed by atoms with Crippen molar-refractivity contribution in [2.45, 2.75) is 65.5 Å². The Labute approximate surface area is 110 Å². The lowest BCUT2D eigenvalue weighted by molar-refractivity contribution is -0.155. The van der Waals surface area contributed by atoms with Crippen LogP contribution in [-0.4, -0.2) is 30.6 Å². The van der Waals surface area contributed by atoms with E-state index < -0.39 is 11.5 Å². The Kier molecular flexibility index (Phi) is 10.6. The fraction of sp³-hybridized carbons (Fsp3) is 0.846. The zero-order valence-electron chi connectivity index (χ0n) is 12.5. The molecule has 0 radical (unpaired) electrons. The molecule has 0 heterocycles. The van der Waals surface area contributed by atoms with Gasteiger partial charge in [0.15, 0.2) is 0 Å². The Bertz CT molecular complexity index is 247. The summed E-state index contributed by atoms with van der Waals surface area (Å²) < 4.78 is 5.14. The van der Waals surface area contributed by atoms with E-state index in [9.17, 15) is 9.59 Å². The van der Waals surface area contributed by atoms with Crippen molar-refractivity contribution >= 4 is 11.9 Å². The molecule has 5 heteroatoms. The maximum Gasteiger partial charge on any atom is 0.306 e. The first-order valence-corrected chi connectivity index (χ1v) is 6.44. The van der Waals surface area contributed by atoms with Gasteiger partial charge < -0.3 is 15.8 Å². The van der Waals surface area contributed by atoms with Crippen LogP contribution in [0.5, 0.6) is 0 Å². The van der Waals surface area contributed by atoms with Gasteiger partial charge in [0.25, 0.3) is 0 Å². The summed E-state index contributed by atoms with van der Waals surface area (Å²) >= 11 is 0. The standard InChI is InChI=1S/C11H22N2O3.C2H6/c1-11(2,3)16-9(14)7-5-6-8(13-4)10(12)15;1-2/h8,13H,5-7H2,1-4H3,(H2,12,15);1-2H3/t8-;/m0./s1. The molecule has 108 valence electrons. The molecule has 0 rings (SSSR count). The van der Waals surface area contributed by atoms with Crippen LogP contribution in [-0.2, 0) is 14.3 Å². The molecule has 0 aliphatic heterocycles. The second-order valence-corrected chi connectivity index (χ2v) is 4.72. The first-order chi connectivity index (χ1) is 8.26. The number of hydrogen-bond acceptors (Lipinski definition) is 4. The van der Waals surface area contributed by atoms with Crippen LogP contribution in [0.25, 0.3) is 0 Å². The zero-order chi connectivity index (χ0) is 14.8. The Hall–Kier alpha value is -1.10. The number of rotatable bonds is 6. The molecule has 1 amide bonds. The number of carbonyl (C=O) groups is 2. The molecule has 0 saturated carbocycles. The number of carbonyl (C=O) groups excluding carboxylic acids is 2. The van der Waals surface area contributed by atoms with Gasteiger partial charge in [0.05, 0.1) is 6.04 Å². The van der Waals surface area contributed by atoms with Crippen LogP contribution in [0.4, 0.5) is 0 Å². The Morgan fingerprint density at radius 2 is 1.78 bits per heavy atom. The summed E-state index contributed by atoms with van der Waals surface area (Å²) in [5.74, 6) is -0.640. The molecule has 3 N–H and O–H groups in total. The topological polar surface area (TPSA) is 81.4 Å². The van der Waals surface area contributed by atoms with E-state index in [2.05, 4.69) is 5.32 Å². The van der Waals surface area contributed by atoms with Crippen molar-refractivity contribution in [1.29, 1.82) is 0 Å². The molecule has 1 atom stereocenters. The highest BCUT2D eigenvalue weighted by atomic mass is 16.6. The van der Waals surface area contributed by atoms with Gasteiger partial charge in [-0.1, -0.05) is 13.8 Å². The highest BCUT2D eigenvalue weighted by Crippen LogP contribution is 2.10. The van der Waals surface area contributed by atoms with Crippen molar-refractivity contribution in [3.63, 3.8) is 0 Å². The van der Waals surface area contributed by atoms with E-state index in [0.29, 0.717) is 19.3 Å². The largest absolute Gasteiger partial charge is 0.460 e. The maximum atomic E-state index is 11.3. The van der Waals surface area contributed by atoms with Crippen LogP contribution in [0.3, 0.4) is 0 Å². The molecular formula is C13H28N2O3. The zero-order valence-corrected chi connectivity index (χ0v) is 12.5. The lowest BCUT2D eigenvalue weighted by Gasteiger charge is -2.19. The monoisotopic (exact) mass is 260 g/mol. The number of ether oxygens (including phenoxy) is 1. The molecule has 0 spiro atoms. The van der Waals surface area contributed by atoms with E-state index in [1.807, 2.05) is 34.6 Å². The number of amides is 1. The lowest BCUT2D eigenvalue weighted by atomic mass is 10.1. The molecule has 0 aromatic rings. The molecular weight excluding hydrogens is 232 g/mol. The normalized spacial score (nSPS) is 12.1. The third kappa shape index (κ3) is 11.4. The average molecular weight is 260 g/mol. The molecule has 0 aliphatic rings. The van der Waals surface area contributed by atoms with Crippen molar-refractivity contribution in [3.05, 3.63) is 0 Å². The molecule has 0 aliphatic carbocycles. The van der Waals surface area contributed by atoms with Crippen LogP contribution in [0.2, 0.25) is 0 Å². The lowest BCUT2D eigenvalue weighted by Crippen LogP contribution is -2.39. The smallest absolute Gasteiger partial charge is 0.306 e. The van der Waals surface area contributed by atoms with Gasteiger partial charge in [0.1, 0.15) is 5.60 Å². The average Bonchev–Trinajstić information content (AvgIpc) is 2.24. The number of hydrogen-bond donors (Lipinski definition) is 2. The molecule has 0 bridgehead atoms. The minimum atomic E-state index is -0.455. The summed E-state index contributed by atoms with van der Waals surface area (Å²) in [5.41, 5.74) is 4.69. The van der Waals surface area contributed by atoms with Gasteiger partial charge in [-0.2, -0.15) is 0 Å². The van der Waals surface area contributed by atoms with E-state index in [1.165, 1.54) is 0 Å². The first-order valence-electron chi connectivity index (χ1n) is 6.44. The summed E-state index contributed by atoms with van der Waals surface area (Å²) in [5, 5.41) is 2.80. The van der Waals surface area contributed by atoms with E-state index in [0.717, 1.165) is 0 Å². The molecule has 0 aromatic carbocycles. The van der Waals surface area contributed by atoms with Gasteiger partial charge >= 0.3 is 5.97 Å². The molecule has 0 fully saturated rings. The van der Waals surface area contributed by atoms with Crippen molar-refractivity contribution < 1.29 is 14.3 Å². The second kappa shape index (κ2) is 9.88. The molecule has 18 heavy (non-hydrogen) atoms. The Morgan fingerprint density at radius 1 is 1.28 bits per heavy atom. The first kappa shape index (κ1) is 19.2. The second-order valence-electron chi connectivity index (χ2n) is 4.72. The van der Waals surface area contributed by atoms with Gasteiger partial charge in [-0.15, -0.1) is 0 Å². The molecule has 5 nitrogen and oxygen atoms in total. The maximum absolute atomic E-state index is 11.3. The highest BCUT2D eigenvalue weighted by Gasteiger charge is 2.17. The fourth-order valence-corrected chi connectivity index (χ4v) is 1.27. The Balaban J connectivity index is 0. The van der Waals surface area contributed by atoms with Crippen LogP contribution >= 0.6 is 0 Å². The number of esters is 1. The molecule has 0 saturated heterocycles. The summed E-state index contributed by atoms with van der Waals surface area (Å²) in [6.45, 7) is 9.47. The van der Waals surface area contributed by atoms with Crippen LogP contribution in [0.15, 0.2) is 0 Å². The van der Waals surface area contributed by atoms with E-state index in [4.69, 9.17) is 10.5 Å². The van der Waals surface area contributed by atoms with Crippen LogP contribution in [0, 0.1) is 0 Å². The van der Waals surface area contributed by atoms with Gasteiger partial charge in [-0.25, -0.2) is 0 Å². The summed E-state index contributed by atoms with van der Waals surface area (Å²) in [6, 6.07) is -0.373. The molecule has 0 unspecified atom stereocenters. The summed E-state index contributed by atoms with van der Waals surface area (Å²) in [4.78, 5) is 22.2. The Morgan fingerprint density at radius 3 is 2.11 bits per heavy atom. The summed E-state index contributed by atoms with van der Waals surface area (Å²) in [7, 11) is 1.67. The van der Waals surface area contributed by atoms with Gasteiger partial charge in [-0.05, 0) is 40.7 Å². The quantitative estimate of drug-likeness (QED) is 0.711. The number of primary amides is 1. The van der Waals surface area contributed by atoms with Crippen LogP contribution in [0.1, 0.15) is 53.9 Å². The van der Waals surface area contributed by atoms with E-state index in [-0.39, 0.29) is 12.0 Å². The SMILES string of the molecule is CC.CN[C@@H](CCCC(=O)OC(C)(C)C)C(N)=O. The highest BCUT2D eigenvalue weighted by molar-refractivity contribution is 5.79. The molecule has 0 aromatic heterocycles. The third-order valence-corrected chi connectivity index (χ3v) is 1.99. The van der Waals surface area contributed by atoms with Crippen molar-refractivity contribution in [3.8, 4) is 0 Å². The third-order valence-electron chi connectivity index (χ3n) is 1.99. The van der Waals surface area contributed by atoms with Crippen molar-refractivity contribution in [2.75, 3.05) is 7.05 Å². The fourth-order valence-electron chi connectivity index (χ4n) is 1.27. The minimum Gasteiger partial charge on any atom is -0.460 e. The van der Waals surface area contributed by atoms with Gasteiger partial charge in [0.2, 0.25) is 5.91 Å². The predicted molar refractivity (Wildman–Crippen MR) is 73.1 cm³/mol. The summed E-state index contributed by atoms with van der Waals surface area (Å²) in [6.07, 6.45) is 1.44. The number of nitrogens with one attached hydrogen (secondary N) is 1. The van der Waals surface area contributed by atoms with Crippen molar-refractivity contribution in [2.24, 2.45) is 5.73 Å². The minimum absolute atomic E-state index is 0.244. The van der Waals surface area contributed by atoms with Crippen molar-refractivity contribution in [1.82, 2.24) is 5.32 Å². The van der Waals surface area contributed by atoms with E-state index >= 15 is 0 Å². The van der Waals surface area contributed by atoms with Crippen LogP contribution < -0.4 is 11.1 Å². The number of likely N-dealkylation sites (N-methyl/N-ethyl adjacent to an activating group) is 1. The van der Waals surface area contributed by atoms with Gasteiger partial charge in [-0.3, -0.25) is 9.59 Å². The number of nitrogens with two attached hydrogens (primary N) is 1. The predicted octanol–water partition coefficient (Wildman–Crippen LogP) is 1.60. The van der Waals surface area contributed by atoms with Gasteiger partial charge in [0, 0.05) is 6.42 Å². The van der Waals surface area contributed by atoms with E-state index in [1.54, 1.807) is 7.05 Å².